The van der Waals surface area contributed by atoms with Crippen molar-refractivity contribution in [2.45, 2.75) is 25.3 Å². The molecule has 1 N–H and O–H groups in total. The van der Waals surface area contributed by atoms with Crippen LogP contribution in [0.4, 0.5) is 0 Å². The molecule has 1 aromatic heterocycles. The summed E-state index contributed by atoms with van der Waals surface area (Å²) in [5.41, 5.74) is 0.926. The Kier molecular flexibility index (Phi) is 4.67. The van der Waals surface area contributed by atoms with Crippen molar-refractivity contribution in [3.63, 3.8) is 0 Å². The number of ether oxygens (including phenoxy) is 2. The van der Waals surface area contributed by atoms with Crippen molar-refractivity contribution >= 4 is 5.91 Å². The lowest BCUT2D eigenvalue weighted by molar-refractivity contribution is -0.124. The van der Waals surface area contributed by atoms with Crippen molar-refractivity contribution in [1.82, 2.24) is 5.32 Å². The van der Waals surface area contributed by atoms with Crippen molar-refractivity contribution < 1.29 is 18.7 Å². The Morgan fingerprint density at radius 3 is 2.91 bits per heavy atom. The second kappa shape index (κ2) is 6.87. The third-order valence-electron chi connectivity index (χ3n) is 4.04. The Labute approximate surface area is 135 Å². The van der Waals surface area contributed by atoms with E-state index in [1.54, 1.807) is 7.11 Å². The molecule has 1 aromatic carbocycles. The molecule has 0 saturated carbocycles. The van der Waals surface area contributed by atoms with E-state index in [1.807, 2.05) is 43.3 Å². The van der Waals surface area contributed by atoms with Crippen LogP contribution in [0, 0.1) is 0 Å². The van der Waals surface area contributed by atoms with Crippen molar-refractivity contribution in [2.24, 2.45) is 0 Å². The van der Waals surface area contributed by atoms with E-state index in [2.05, 4.69) is 5.32 Å². The van der Waals surface area contributed by atoms with E-state index < -0.39 is 0 Å². The molecule has 2 aromatic rings. The Morgan fingerprint density at radius 1 is 1.35 bits per heavy atom. The lowest BCUT2D eigenvalue weighted by Crippen LogP contribution is -2.35. The first-order valence-corrected chi connectivity index (χ1v) is 7.82. The van der Waals surface area contributed by atoms with Crippen LogP contribution in [0.2, 0.25) is 0 Å². The van der Waals surface area contributed by atoms with Gasteiger partial charge in [-0.1, -0.05) is 25.1 Å². The van der Waals surface area contributed by atoms with Crippen molar-refractivity contribution in [3.05, 3.63) is 53.5 Å². The summed E-state index contributed by atoms with van der Waals surface area (Å²) < 4.78 is 16.6. The smallest absolute Gasteiger partial charge is 0.231 e. The number of aryl methyl sites for hydroxylation is 1. The van der Waals surface area contributed by atoms with Gasteiger partial charge < -0.3 is 19.2 Å². The van der Waals surface area contributed by atoms with E-state index in [1.165, 1.54) is 0 Å². The SMILES string of the molecule is CCc1ccc([C@H](COC)NC(=O)[C@H]2COc3ccccc32)o1. The molecule has 3 rings (SSSR count). The molecule has 5 heteroatoms. The van der Waals surface area contributed by atoms with Crippen LogP contribution in [-0.2, 0) is 16.0 Å². The summed E-state index contributed by atoms with van der Waals surface area (Å²) in [4.78, 5) is 12.7. The first-order chi connectivity index (χ1) is 11.2. The summed E-state index contributed by atoms with van der Waals surface area (Å²) in [6, 6.07) is 11.2. The van der Waals surface area contributed by atoms with Crippen LogP contribution in [0.15, 0.2) is 40.8 Å². The van der Waals surface area contributed by atoms with Crippen LogP contribution >= 0.6 is 0 Å². The van der Waals surface area contributed by atoms with Gasteiger partial charge in [0.05, 0.1) is 6.61 Å². The molecule has 23 heavy (non-hydrogen) atoms. The molecule has 0 radical (unpaired) electrons. The highest BCUT2D eigenvalue weighted by atomic mass is 16.5. The number of methoxy groups -OCH3 is 1. The molecular formula is C18H21NO4. The topological polar surface area (TPSA) is 60.7 Å². The molecule has 122 valence electrons. The molecule has 2 heterocycles. The van der Waals surface area contributed by atoms with E-state index in [0.717, 1.165) is 23.5 Å². The fraction of sp³-hybridized carbons (Fsp3) is 0.389. The van der Waals surface area contributed by atoms with Gasteiger partial charge in [-0.2, -0.15) is 0 Å². The van der Waals surface area contributed by atoms with Gasteiger partial charge in [-0.25, -0.2) is 0 Å². The van der Waals surface area contributed by atoms with E-state index in [-0.39, 0.29) is 17.9 Å². The average Bonchev–Trinajstić information content (AvgIpc) is 3.21. The van der Waals surface area contributed by atoms with Gasteiger partial charge in [-0.3, -0.25) is 4.79 Å². The second-order valence-electron chi connectivity index (χ2n) is 5.58. The second-order valence-corrected chi connectivity index (χ2v) is 5.58. The Balaban J connectivity index is 1.74. The average molecular weight is 315 g/mol. The Hall–Kier alpha value is -2.27. The molecule has 0 bridgehead atoms. The third kappa shape index (κ3) is 3.24. The van der Waals surface area contributed by atoms with E-state index in [9.17, 15) is 4.79 Å². The Morgan fingerprint density at radius 2 is 2.17 bits per heavy atom. The normalized spacial score (nSPS) is 17.4. The summed E-state index contributed by atoms with van der Waals surface area (Å²) in [7, 11) is 1.61. The minimum absolute atomic E-state index is 0.0774. The van der Waals surface area contributed by atoms with Gasteiger partial charge in [0.15, 0.2) is 0 Å². The monoisotopic (exact) mass is 315 g/mol. The number of nitrogens with one attached hydrogen (secondary N) is 1. The maximum Gasteiger partial charge on any atom is 0.231 e. The zero-order valence-corrected chi connectivity index (χ0v) is 13.4. The van der Waals surface area contributed by atoms with Crippen molar-refractivity contribution in [2.75, 3.05) is 20.3 Å². The van der Waals surface area contributed by atoms with Gasteiger partial charge in [0.25, 0.3) is 0 Å². The molecule has 1 amide bonds. The fourth-order valence-electron chi connectivity index (χ4n) is 2.79. The number of hydrogen-bond donors (Lipinski definition) is 1. The highest BCUT2D eigenvalue weighted by molar-refractivity contribution is 5.85. The first kappa shape index (κ1) is 15.6. The van der Waals surface area contributed by atoms with Crippen LogP contribution in [0.25, 0.3) is 0 Å². The summed E-state index contributed by atoms with van der Waals surface area (Å²) in [5, 5.41) is 3.02. The minimum Gasteiger partial charge on any atom is -0.492 e. The third-order valence-corrected chi connectivity index (χ3v) is 4.04. The number of carbonyl (C=O) groups excluding carboxylic acids is 1. The molecule has 1 aliphatic heterocycles. The van der Waals surface area contributed by atoms with E-state index >= 15 is 0 Å². The summed E-state index contributed by atoms with van der Waals surface area (Å²) >= 11 is 0. The van der Waals surface area contributed by atoms with Crippen molar-refractivity contribution in [1.29, 1.82) is 0 Å². The largest absolute Gasteiger partial charge is 0.492 e. The van der Waals surface area contributed by atoms with Crippen LogP contribution in [0.5, 0.6) is 5.75 Å². The van der Waals surface area contributed by atoms with Gasteiger partial charge in [0.2, 0.25) is 5.91 Å². The zero-order chi connectivity index (χ0) is 16.2. The highest BCUT2D eigenvalue weighted by Gasteiger charge is 2.32. The number of furan rings is 1. The molecule has 0 aliphatic carbocycles. The van der Waals surface area contributed by atoms with Gasteiger partial charge >= 0.3 is 0 Å². The maximum absolute atomic E-state index is 12.7. The van der Waals surface area contributed by atoms with Crippen LogP contribution in [0.3, 0.4) is 0 Å². The molecular weight excluding hydrogens is 294 g/mol. The predicted molar refractivity (Wildman–Crippen MR) is 85.5 cm³/mol. The zero-order valence-electron chi connectivity index (χ0n) is 13.4. The van der Waals surface area contributed by atoms with E-state index in [0.29, 0.717) is 19.0 Å². The Bertz CT molecular complexity index is 679. The molecule has 0 unspecified atom stereocenters. The van der Waals surface area contributed by atoms with Gasteiger partial charge in [0.1, 0.15) is 35.8 Å². The van der Waals surface area contributed by atoms with Gasteiger partial charge in [-0.15, -0.1) is 0 Å². The number of rotatable bonds is 6. The number of amides is 1. The van der Waals surface area contributed by atoms with Crippen LogP contribution in [-0.4, -0.2) is 26.2 Å². The quantitative estimate of drug-likeness (QED) is 0.890. The molecule has 0 fully saturated rings. The number of para-hydroxylation sites is 1. The predicted octanol–water partition coefficient (Wildman–Crippen LogP) is 2.82. The lowest BCUT2D eigenvalue weighted by Gasteiger charge is -2.18. The fourth-order valence-corrected chi connectivity index (χ4v) is 2.79. The highest BCUT2D eigenvalue weighted by Crippen LogP contribution is 2.34. The minimum atomic E-state index is -0.305. The number of fused-ring (bicyclic) bond motifs is 1. The van der Waals surface area contributed by atoms with Crippen LogP contribution < -0.4 is 10.1 Å². The number of carbonyl (C=O) groups is 1. The summed E-state index contributed by atoms with van der Waals surface area (Å²) in [5.74, 6) is 2.01. The van der Waals surface area contributed by atoms with E-state index in [4.69, 9.17) is 13.9 Å². The van der Waals surface area contributed by atoms with Gasteiger partial charge in [0, 0.05) is 19.1 Å². The molecule has 0 spiro atoms. The molecule has 0 saturated heterocycles. The maximum atomic E-state index is 12.7. The molecule has 5 nitrogen and oxygen atoms in total. The summed E-state index contributed by atoms with van der Waals surface area (Å²) in [6.07, 6.45) is 0.817. The number of hydrogen-bond acceptors (Lipinski definition) is 4. The summed E-state index contributed by atoms with van der Waals surface area (Å²) in [6.45, 7) is 2.75. The van der Waals surface area contributed by atoms with Crippen LogP contribution in [0.1, 0.15) is 36.0 Å². The van der Waals surface area contributed by atoms with Crippen molar-refractivity contribution in [3.8, 4) is 5.75 Å². The number of benzene rings is 1. The lowest BCUT2D eigenvalue weighted by atomic mass is 10.00. The molecule has 1 aliphatic rings. The standard InChI is InChI=1S/C18H21NO4/c1-3-12-8-9-17(23-12)15(11-21-2)19-18(20)14-10-22-16-7-5-4-6-13(14)16/h4-9,14-15H,3,10-11H2,1-2H3,(H,19,20)/t14-,15-/m0/s1. The van der Waals surface area contributed by atoms with Gasteiger partial charge in [-0.05, 0) is 18.2 Å². The molecule has 2 atom stereocenters. The first-order valence-electron chi connectivity index (χ1n) is 7.82.